The SMILES string of the molecule is CCOC(=O)C1(C(=O)OCC)CC2CCOC2ON1c1ccc(Cl)cc1. The molecule has 142 valence electrons. The van der Waals surface area contributed by atoms with Gasteiger partial charge in [-0.1, -0.05) is 11.6 Å². The average molecular weight is 384 g/mol. The molecule has 0 aliphatic carbocycles. The van der Waals surface area contributed by atoms with Crippen molar-refractivity contribution in [2.75, 3.05) is 24.9 Å². The summed E-state index contributed by atoms with van der Waals surface area (Å²) in [5.41, 5.74) is -1.24. The summed E-state index contributed by atoms with van der Waals surface area (Å²) in [5, 5.41) is 1.80. The zero-order chi connectivity index (χ0) is 18.7. The van der Waals surface area contributed by atoms with Crippen LogP contribution in [0.25, 0.3) is 0 Å². The van der Waals surface area contributed by atoms with Crippen LogP contribution in [-0.2, 0) is 28.6 Å². The molecular weight excluding hydrogens is 362 g/mol. The first-order valence-electron chi connectivity index (χ1n) is 8.71. The van der Waals surface area contributed by atoms with E-state index >= 15 is 0 Å². The minimum Gasteiger partial charge on any atom is -0.464 e. The number of esters is 2. The predicted molar refractivity (Wildman–Crippen MR) is 93.5 cm³/mol. The van der Waals surface area contributed by atoms with E-state index in [2.05, 4.69) is 0 Å². The normalized spacial score (nSPS) is 24.0. The van der Waals surface area contributed by atoms with Crippen LogP contribution in [0.4, 0.5) is 5.69 Å². The maximum atomic E-state index is 13.0. The van der Waals surface area contributed by atoms with Crippen LogP contribution in [0.1, 0.15) is 26.7 Å². The summed E-state index contributed by atoms with van der Waals surface area (Å²) >= 11 is 5.97. The van der Waals surface area contributed by atoms with Gasteiger partial charge in [0.05, 0.1) is 25.5 Å². The molecule has 0 radical (unpaired) electrons. The Bertz CT molecular complexity index is 646. The summed E-state index contributed by atoms with van der Waals surface area (Å²) in [5.74, 6) is -1.50. The molecule has 0 bridgehead atoms. The van der Waals surface area contributed by atoms with Crippen molar-refractivity contribution in [3.63, 3.8) is 0 Å². The van der Waals surface area contributed by atoms with Gasteiger partial charge in [-0.25, -0.2) is 19.5 Å². The highest BCUT2D eigenvalue weighted by molar-refractivity contribution is 6.30. The molecule has 1 aromatic rings. The molecule has 0 aromatic heterocycles. The lowest BCUT2D eigenvalue weighted by atomic mass is 9.83. The Morgan fingerprint density at radius 2 is 1.81 bits per heavy atom. The Balaban J connectivity index is 2.08. The fraction of sp³-hybridized carbons (Fsp3) is 0.556. The van der Waals surface area contributed by atoms with Gasteiger partial charge in [0.1, 0.15) is 0 Å². The third-order valence-corrected chi connectivity index (χ3v) is 4.81. The second kappa shape index (κ2) is 7.82. The number of ether oxygens (including phenoxy) is 3. The topological polar surface area (TPSA) is 74.3 Å². The molecular formula is C18H22ClNO6. The molecule has 2 fully saturated rings. The molecule has 26 heavy (non-hydrogen) atoms. The average Bonchev–Trinajstić information content (AvgIpc) is 3.08. The largest absolute Gasteiger partial charge is 0.464 e. The lowest BCUT2D eigenvalue weighted by Crippen LogP contribution is -2.66. The van der Waals surface area contributed by atoms with E-state index in [0.717, 1.165) is 0 Å². The van der Waals surface area contributed by atoms with Crippen LogP contribution in [0.5, 0.6) is 0 Å². The van der Waals surface area contributed by atoms with E-state index in [1.807, 2.05) is 0 Å². The standard InChI is InChI=1S/C18H22ClNO6/c1-3-23-16(21)18(17(22)24-4-2)11-12-9-10-25-15(12)26-20(18)14-7-5-13(19)6-8-14/h5-8,12,15H,3-4,9-11H2,1-2H3. The number of nitrogens with zero attached hydrogens (tertiary/aromatic N) is 1. The van der Waals surface area contributed by atoms with Crippen molar-refractivity contribution >= 4 is 29.2 Å². The first-order chi connectivity index (χ1) is 12.5. The summed E-state index contributed by atoms with van der Waals surface area (Å²) in [6.45, 7) is 4.16. The summed E-state index contributed by atoms with van der Waals surface area (Å²) in [6, 6.07) is 6.65. The Morgan fingerprint density at radius 3 is 2.38 bits per heavy atom. The molecule has 7 nitrogen and oxygen atoms in total. The minimum atomic E-state index is -1.73. The van der Waals surface area contributed by atoms with E-state index in [-0.39, 0.29) is 25.6 Å². The van der Waals surface area contributed by atoms with E-state index in [4.69, 9.17) is 30.6 Å². The zero-order valence-corrected chi connectivity index (χ0v) is 15.5. The molecule has 2 atom stereocenters. The van der Waals surface area contributed by atoms with Gasteiger partial charge in [-0.3, -0.25) is 0 Å². The number of hydroxylamine groups is 1. The van der Waals surface area contributed by atoms with E-state index < -0.39 is 23.8 Å². The zero-order valence-electron chi connectivity index (χ0n) is 14.8. The van der Waals surface area contributed by atoms with Crippen LogP contribution in [0, 0.1) is 5.92 Å². The molecule has 2 aliphatic heterocycles. The lowest BCUT2D eigenvalue weighted by Gasteiger charge is -2.46. The third kappa shape index (κ3) is 3.26. The minimum absolute atomic E-state index is 0.104. The van der Waals surface area contributed by atoms with Crippen molar-refractivity contribution in [3.8, 4) is 0 Å². The number of hydrogen-bond acceptors (Lipinski definition) is 7. The highest BCUT2D eigenvalue weighted by atomic mass is 35.5. The predicted octanol–water partition coefficient (Wildman–Crippen LogP) is 2.71. The Morgan fingerprint density at radius 1 is 1.19 bits per heavy atom. The summed E-state index contributed by atoms with van der Waals surface area (Å²) in [7, 11) is 0. The van der Waals surface area contributed by atoms with Gasteiger partial charge < -0.3 is 14.2 Å². The molecule has 3 rings (SSSR count). The second-order valence-corrected chi connectivity index (χ2v) is 6.61. The van der Waals surface area contributed by atoms with Gasteiger partial charge in [0.2, 0.25) is 0 Å². The Labute approximate surface area is 157 Å². The van der Waals surface area contributed by atoms with Crippen molar-refractivity contribution < 1.29 is 28.6 Å². The number of rotatable bonds is 5. The number of hydrogen-bond donors (Lipinski definition) is 0. The van der Waals surface area contributed by atoms with Gasteiger partial charge in [0, 0.05) is 17.4 Å². The maximum absolute atomic E-state index is 13.0. The van der Waals surface area contributed by atoms with Gasteiger partial charge in [0.15, 0.2) is 6.29 Å². The van der Waals surface area contributed by atoms with Crippen molar-refractivity contribution in [1.82, 2.24) is 0 Å². The summed E-state index contributed by atoms with van der Waals surface area (Å²) < 4.78 is 16.1. The van der Waals surface area contributed by atoms with Crippen LogP contribution in [0.15, 0.2) is 24.3 Å². The first-order valence-corrected chi connectivity index (χ1v) is 9.09. The molecule has 1 aromatic carbocycles. The third-order valence-electron chi connectivity index (χ3n) is 4.56. The molecule has 0 N–H and O–H groups in total. The van der Waals surface area contributed by atoms with Crippen LogP contribution in [-0.4, -0.2) is 43.6 Å². The molecule has 0 spiro atoms. The van der Waals surface area contributed by atoms with Gasteiger partial charge >= 0.3 is 11.9 Å². The molecule has 0 saturated carbocycles. The fourth-order valence-electron chi connectivity index (χ4n) is 3.35. The van der Waals surface area contributed by atoms with Gasteiger partial charge in [-0.15, -0.1) is 0 Å². The number of halogens is 1. The molecule has 2 saturated heterocycles. The second-order valence-electron chi connectivity index (χ2n) is 6.17. The summed E-state index contributed by atoms with van der Waals surface area (Å²) in [6.07, 6.45) is 0.361. The van der Waals surface area contributed by atoms with Crippen molar-refractivity contribution in [1.29, 1.82) is 0 Å². The number of fused-ring (bicyclic) bond motifs is 1. The smallest absolute Gasteiger partial charge is 0.346 e. The van der Waals surface area contributed by atoms with Gasteiger partial charge in [0.25, 0.3) is 5.54 Å². The van der Waals surface area contributed by atoms with Crippen LogP contribution < -0.4 is 5.06 Å². The highest BCUT2D eigenvalue weighted by Crippen LogP contribution is 2.43. The number of carbonyl (C=O) groups is 2. The monoisotopic (exact) mass is 383 g/mol. The molecule has 2 aliphatic rings. The van der Waals surface area contributed by atoms with E-state index in [0.29, 0.717) is 23.7 Å². The molecule has 2 heterocycles. The molecule has 2 unspecified atom stereocenters. The maximum Gasteiger partial charge on any atom is 0.346 e. The van der Waals surface area contributed by atoms with E-state index in [1.165, 1.54) is 5.06 Å². The number of anilines is 1. The van der Waals surface area contributed by atoms with Crippen LogP contribution in [0.2, 0.25) is 5.02 Å². The van der Waals surface area contributed by atoms with Crippen LogP contribution >= 0.6 is 11.6 Å². The lowest BCUT2D eigenvalue weighted by molar-refractivity contribution is -0.206. The van der Waals surface area contributed by atoms with Crippen molar-refractivity contribution in [2.45, 2.75) is 38.5 Å². The van der Waals surface area contributed by atoms with Crippen molar-refractivity contribution in [2.24, 2.45) is 5.92 Å². The van der Waals surface area contributed by atoms with Gasteiger partial charge in [-0.05, 0) is 44.5 Å². The highest BCUT2D eigenvalue weighted by Gasteiger charge is 2.61. The van der Waals surface area contributed by atoms with Gasteiger partial charge in [-0.2, -0.15) is 0 Å². The first kappa shape index (κ1) is 18.9. The summed E-state index contributed by atoms with van der Waals surface area (Å²) in [4.78, 5) is 31.9. The van der Waals surface area contributed by atoms with Crippen molar-refractivity contribution in [3.05, 3.63) is 29.3 Å². The molecule has 0 amide bonds. The fourth-order valence-corrected chi connectivity index (χ4v) is 3.48. The van der Waals surface area contributed by atoms with E-state index in [1.54, 1.807) is 38.1 Å². The number of carbonyl (C=O) groups excluding carboxylic acids is 2. The Kier molecular flexibility index (Phi) is 5.70. The number of benzene rings is 1. The van der Waals surface area contributed by atoms with E-state index in [9.17, 15) is 9.59 Å². The molecule has 8 heteroatoms. The quantitative estimate of drug-likeness (QED) is 0.571. The van der Waals surface area contributed by atoms with Crippen LogP contribution in [0.3, 0.4) is 0 Å². The Hall–Kier alpha value is -1.83.